The maximum absolute atomic E-state index is 12.0. The van der Waals surface area contributed by atoms with E-state index in [1.165, 1.54) is 18.2 Å². The number of ether oxygens (including phenoxy) is 1. The van der Waals surface area contributed by atoms with Gasteiger partial charge in [-0.15, -0.1) is 0 Å². The number of carbonyl (C=O) groups is 1. The summed E-state index contributed by atoms with van der Waals surface area (Å²) in [6.45, 7) is 2.60. The molecule has 0 saturated carbocycles. The second kappa shape index (κ2) is 8.47. The molecule has 0 unspecified atom stereocenters. The second-order valence-corrected chi connectivity index (χ2v) is 4.98. The third-order valence-electron chi connectivity index (χ3n) is 3.15. The summed E-state index contributed by atoms with van der Waals surface area (Å²) in [7, 11) is 0. The first-order chi connectivity index (χ1) is 11.6. The summed E-state index contributed by atoms with van der Waals surface area (Å²) in [4.78, 5) is 22.4. The molecule has 2 aromatic rings. The van der Waals surface area contributed by atoms with Gasteiger partial charge in [0.1, 0.15) is 11.4 Å². The van der Waals surface area contributed by atoms with Crippen LogP contribution in [0.15, 0.2) is 54.6 Å². The molecule has 1 amide bonds. The quantitative estimate of drug-likeness (QED) is 0.473. The van der Waals surface area contributed by atoms with Crippen LogP contribution in [0, 0.1) is 10.1 Å². The van der Waals surface area contributed by atoms with Crippen LogP contribution in [-0.4, -0.2) is 17.4 Å². The Morgan fingerprint density at radius 2 is 1.92 bits per heavy atom. The van der Waals surface area contributed by atoms with Gasteiger partial charge >= 0.3 is 0 Å². The largest absolute Gasteiger partial charge is 0.493 e. The Kier molecular flexibility index (Phi) is 6.08. The molecule has 24 heavy (non-hydrogen) atoms. The molecule has 124 valence electrons. The van der Waals surface area contributed by atoms with E-state index in [1.807, 2.05) is 31.2 Å². The minimum Gasteiger partial charge on any atom is -0.493 e. The molecule has 0 spiro atoms. The van der Waals surface area contributed by atoms with Gasteiger partial charge in [-0.25, -0.2) is 0 Å². The molecule has 0 bridgehead atoms. The minimum absolute atomic E-state index is 0.147. The molecule has 2 rings (SSSR count). The Bertz CT molecular complexity index is 756. The van der Waals surface area contributed by atoms with Gasteiger partial charge in [-0.05, 0) is 24.6 Å². The lowest BCUT2D eigenvalue weighted by Gasteiger charge is -2.07. The van der Waals surface area contributed by atoms with Crippen LogP contribution in [0.5, 0.6) is 5.75 Å². The van der Waals surface area contributed by atoms with Crippen LogP contribution in [0.2, 0.25) is 0 Å². The van der Waals surface area contributed by atoms with Gasteiger partial charge in [0, 0.05) is 17.7 Å². The van der Waals surface area contributed by atoms with Crippen LogP contribution in [0.3, 0.4) is 0 Å². The Morgan fingerprint density at radius 3 is 2.67 bits per heavy atom. The highest BCUT2D eigenvalue weighted by molar-refractivity contribution is 6.03. The van der Waals surface area contributed by atoms with Crippen molar-refractivity contribution in [1.82, 2.24) is 0 Å². The molecule has 0 fully saturated rings. The van der Waals surface area contributed by atoms with Crippen molar-refractivity contribution in [3.05, 3.63) is 70.3 Å². The van der Waals surface area contributed by atoms with Gasteiger partial charge in [-0.1, -0.05) is 37.3 Å². The molecular formula is C18H18N2O4. The zero-order chi connectivity index (χ0) is 17.4. The van der Waals surface area contributed by atoms with Crippen LogP contribution < -0.4 is 10.1 Å². The summed E-state index contributed by atoms with van der Waals surface area (Å²) in [5.41, 5.74) is 0.780. The molecule has 0 aliphatic carbocycles. The maximum Gasteiger partial charge on any atom is 0.292 e. The van der Waals surface area contributed by atoms with Gasteiger partial charge in [0.2, 0.25) is 5.91 Å². The fourth-order valence-corrected chi connectivity index (χ4v) is 2.04. The molecule has 6 heteroatoms. The van der Waals surface area contributed by atoms with Gasteiger partial charge in [-0.2, -0.15) is 0 Å². The van der Waals surface area contributed by atoms with E-state index in [0.717, 1.165) is 12.0 Å². The number of benzene rings is 2. The first-order valence-corrected chi connectivity index (χ1v) is 7.56. The van der Waals surface area contributed by atoms with Crippen molar-refractivity contribution >= 4 is 23.4 Å². The zero-order valence-electron chi connectivity index (χ0n) is 13.3. The Morgan fingerprint density at radius 1 is 1.21 bits per heavy atom. The molecule has 0 heterocycles. The van der Waals surface area contributed by atoms with Crippen LogP contribution in [0.25, 0.3) is 6.08 Å². The molecule has 2 aromatic carbocycles. The lowest BCUT2D eigenvalue weighted by atomic mass is 10.2. The fourth-order valence-electron chi connectivity index (χ4n) is 2.04. The van der Waals surface area contributed by atoms with Gasteiger partial charge < -0.3 is 10.1 Å². The molecule has 0 aliphatic rings. The number of hydrogen-bond acceptors (Lipinski definition) is 4. The summed E-state index contributed by atoms with van der Waals surface area (Å²) in [6, 6.07) is 13.4. The topological polar surface area (TPSA) is 81.5 Å². The van der Waals surface area contributed by atoms with Crippen molar-refractivity contribution in [2.45, 2.75) is 13.3 Å². The summed E-state index contributed by atoms with van der Waals surface area (Å²) in [5.74, 6) is 0.240. The van der Waals surface area contributed by atoms with Crippen molar-refractivity contribution < 1.29 is 14.5 Å². The molecule has 0 aromatic heterocycles. The fraction of sp³-hybridized carbons (Fsp3) is 0.167. The first-order valence-electron chi connectivity index (χ1n) is 7.56. The number of para-hydroxylation sites is 3. The van der Waals surface area contributed by atoms with Crippen molar-refractivity contribution in [3.63, 3.8) is 0 Å². The smallest absolute Gasteiger partial charge is 0.292 e. The van der Waals surface area contributed by atoms with E-state index in [-0.39, 0.29) is 11.4 Å². The van der Waals surface area contributed by atoms with E-state index < -0.39 is 10.8 Å². The molecular weight excluding hydrogens is 308 g/mol. The lowest BCUT2D eigenvalue weighted by Crippen LogP contribution is -2.09. The molecule has 0 aliphatic heterocycles. The normalized spacial score (nSPS) is 10.5. The van der Waals surface area contributed by atoms with E-state index in [4.69, 9.17) is 4.74 Å². The number of nitrogens with one attached hydrogen (secondary N) is 1. The highest BCUT2D eigenvalue weighted by Crippen LogP contribution is 2.23. The third-order valence-corrected chi connectivity index (χ3v) is 3.15. The van der Waals surface area contributed by atoms with Gasteiger partial charge in [0.05, 0.1) is 11.5 Å². The summed E-state index contributed by atoms with van der Waals surface area (Å²) < 4.78 is 5.62. The molecule has 0 atom stereocenters. The van der Waals surface area contributed by atoms with Crippen LogP contribution >= 0.6 is 0 Å². The summed E-state index contributed by atoms with van der Waals surface area (Å²) >= 11 is 0. The van der Waals surface area contributed by atoms with Crippen molar-refractivity contribution in [1.29, 1.82) is 0 Å². The number of amides is 1. The van der Waals surface area contributed by atoms with E-state index >= 15 is 0 Å². The number of hydrogen-bond donors (Lipinski definition) is 1. The molecule has 0 saturated heterocycles. The predicted molar refractivity (Wildman–Crippen MR) is 93.0 cm³/mol. The Balaban J connectivity index is 2.10. The second-order valence-electron chi connectivity index (χ2n) is 4.98. The summed E-state index contributed by atoms with van der Waals surface area (Å²) in [6.07, 6.45) is 3.83. The van der Waals surface area contributed by atoms with Crippen LogP contribution in [0.4, 0.5) is 11.4 Å². The van der Waals surface area contributed by atoms with E-state index in [0.29, 0.717) is 12.4 Å². The third kappa shape index (κ3) is 4.67. The van der Waals surface area contributed by atoms with Gasteiger partial charge in [-0.3, -0.25) is 14.9 Å². The Labute approximate surface area is 139 Å². The summed E-state index contributed by atoms with van der Waals surface area (Å²) in [5, 5.41) is 13.5. The molecule has 0 radical (unpaired) electrons. The highest BCUT2D eigenvalue weighted by atomic mass is 16.6. The minimum atomic E-state index is -0.535. The standard InChI is InChI=1S/C18H18N2O4/c1-2-13-24-17-10-6-3-7-14(17)11-12-18(21)19-15-8-4-5-9-16(15)20(22)23/h3-12H,2,13H2,1H3,(H,19,21)/b12-11+. The van der Waals surface area contributed by atoms with E-state index in [2.05, 4.69) is 5.32 Å². The number of rotatable bonds is 7. The van der Waals surface area contributed by atoms with Crippen LogP contribution in [-0.2, 0) is 4.79 Å². The molecule has 1 N–H and O–H groups in total. The van der Waals surface area contributed by atoms with Gasteiger partial charge in [0.25, 0.3) is 5.69 Å². The Hall–Kier alpha value is -3.15. The van der Waals surface area contributed by atoms with Gasteiger partial charge in [0.15, 0.2) is 0 Å². The zero-order valence-corrected chi connectivity index (χ0v) is 13.3. The average Bonchev–Trinajstić information content (AvgIpc) is 2.59. The average molecular weight is 326 g/mol. The number of nitrogens with zero attached hydrogens (tertiary/aromatic N) is 1. The lowest BCUT2D eigenvalue weighted by molar-refractivity contribution is -0.383. The number of nitro benzene ring substituents is 1. The first kappa shape index (κ1) is 17.2. The maximum atomic E-state index is 12.0. The number of carbonyl (C=O) groups excluding carboxylic acids is 1. The SMILES string of the molecule is CCCOc1ccccc1/C=C/C(=O)Nc1ccccc1[N+](=O)[O-]. The monoisotopic (exact) mass is 326 g/mol. The van der Waals surface area contributed by atoms with E-state index in [1.54, 1.807) is 18.2 Å². The van der Waals surface area contributed by atoms with Crippen molar-refractivity contribution in [3.8, 4) is 5.75 Å². The van der Waals surface area contributed by atoms with E-state index in [9.17, 15) is 14.9 Å². The van der Waals surface area contributed by atoms with Crippen LogP contribution in [0.1, 0.15) is 18.9 Å². The van der Waals surface area contributed by atoms with Crippen molar-refractivity contribution in [2.75, 3.05) is 11.9 Å². The number of nitro groups is 1. The number of anilines is 1. The molecule has 6 nitrogen and oxygen atoms in total. The van der Waals surface area contributed by atoms with Crippen molar-refractivity contribution in [2.24, 2.45) is 0 Å². The predicted octanol–water partition coefficient (Wildman–Crippen LogP) is 4.04. The highest BCUT2D eigenvalue weighted by Gasteiger charge is 2.13.